The van der Waals surface area contributed by atoms with Crippen molar-refractivity contribution in [1.29, 1.82) is 0 Å². The summed E-state index contributed by atoms with van der Waals surface area (Å²) in [6, 6.07) is 2.02. The third-order valence-electron chi connectivity index (χ3n) is 2.73. The van der Waals surface area contributed by atoms with Gasteiger partial charge in [0.25, 0.3) is 0 Å². The zero-order valence-electron chi connectivity index (χ0n) is 10.6. The fraction of sp³-hybridized carbons (Fsp3) is 0.500. The van der Waals surface area contributed by atoms with Gasteiger partial charge in [0.15, 0.2) is 0 Å². The zero-order chi connectivity index (χ0) is 14.7. The highest BCUT2D eigenvalue weighted by Gasteiger charge is 2.38. The van der Waals surface area contributed by atoms with Crippen LogP contribution in [0.25, 0.3) is 0 Å². The van der Waals surface area contributed by atoms with Crippen molar-refractivity contribution in [3.8, 4) is 0 Å². The Morgan fingerprint density at radius 3 is 2.58 bits per heavy atom. The van der Waals surface area contributed by atoms with Gasteiger partial charge in [-0.15, -0.1) is 0 Å². The summed E-state index contributed by atoms with van der Waals surface area (Å²) in [5.74, 6) is -1.68. The second-order valence-corrected chi connectivity index (χ2v) is 4.41. The summed E-state index contributed by atoms with van der Waals surface area (Å²) in [7, 11) is 0. The molecule has 7 heteroatoms. The predicted molar refractivity (Wildman–Crippen MR) is 63.8 cm³/mol. The van der Waals surface area contributed by atoms with E-state index in [4.69, 9.17) is 5.11 Å². The van der Waals surface area contributed by atoms with Crippen LogP contribution in [0.2, 0.25) is 0 Å². The minimum atomic E-state index is -4.58. The molecule has 1 atom stereocenters. The van der Waals surface area contributed by atoms with Crippen LogP contribution >= 0.6 is 0 Å². The molecule has 0 saturated carbocycles. The van der Waals surface area contributed by atoms with E-state index in [-0.39, 0.29) is 6.42 Å². The molecule has 0 aliphatic heterocycles. The summed E-state index contributed by atoms with van der Waals surface area (Å²) in [6.07, 6.45) is -2.69. The van der Waals surface area contributed by atoms with E-state index >= 15 is 0 Å². The van der Waals surface area contributed by atoms with Crippen molar-refractivity contribution in [2.75, 3.05) is 5.32 Å². The first kappa shape index (κ1) is 15.3. The van der Waals surface area contributed by atoms with E-state index in [1.54, 1.807) is 6.92 Å². The number of rotatable bonds is 5. The van der Waals surface area contributed by atoms with E-state index in [9.17, 15) is 18.0 Å². The fourth-order valence-electron chi connectivity index (χ4n) is 1.72. The Labute approximate surface area is 108 Å². The number of carboxylic acids is 1. The van der Waals surface area contributed by atoms with Crippen molar-refractivity contribution in [2.24, 2.45) is 0 Å². The molecule has 1 aromatic rings. The molecule has 0 saturated heterocycles. The molecule has 0 radical (unpaired) electrons. The van der Waals surface area contributed by atoms with Crippen LogP contribution in [0.4, 0.5) is 19.0 Å². The Morgan fingerprint density at radius 1 is 1.47 bits per heavy atom. The molecule has 1 heterocycles. The number of carbonyl (C=O) groups is 1. The Hall–Kier alpha value is -1.79. The summed E-state index contributed by atoms with van der Waals surface area (Å²) < 4.78 is 38.3. The lowest BCUT2D eigenvalue weighted by Gasteiger charge is -2.27. The predicted octanol–water partition coefficient (Wildman–Crippen LogP) is 3.16. The highest BCUT2D eigenvalue weighted by molar-refractivity contribution is 5.82. The van der Waals surface area contributed by atoms with Crippen molar-refractivity contribution >= 4 is 11.8 Å². The van der Waals surface area contributed by atoms with Gasteiger partial charge in [0.1, 0.15) is 11.4 Å². The molecule has 2 N–H and O–H groups in total. The van der Waals surface area contributed by atoms with Gasteiger partial charge in [-0.2, -0.15) is 13.2 Å². The number of aliphatic carboxylic acids is 1. The van der Waals surface area contributed by atoms with Crippen molar-refractivity contribution in [2.45, 2.75) is 38.4 Å². The monoisotopic (exact) mass is 276 g/mol. The van der Waals surface area contributed by atoms with Crippen LogP contribution < -0.4 is 5.32 Å². The topological polar surface area (TPSA) is 62.2 Å². The number of aromatic nitrogens is 1. The van der Waals surface area contributed by atoms with Crippen molar-refractivity contribution < 1.29 is 23.1 Å². The van der Waals surface area contributed by atoms with Gasteiger partial charge in [0, 0.05) is 6.20 Å². The standard InChI is InChI=1S/C12H15F3N2O2/c1-3-6-11(2,10(18)19)17-9-8(12(13,14)15)5-4-7-16-9/h4-5,7H,3,6H2,1-2H3,(H,16,17)(H,18,19). The van der Waals surface area contributed by atoms with Gasteiger partial charge in [-0.1, -0.05) is 13.3 Å². The number of nitrogens with one attached hydrogen (secondary N) is 1. The van der Waals surface area contributed by atoms with Crippen LogP contribution in [0.15, 0.2) is 18.3 Å². The number of hydrogen-bond donors (Lipinski definition) is 2. The van der Waals surface area contributed by atoms with Gasteiger partial charge < -0.3 is 10.4 Å². The molecule has 0 bridgehead atoms. The third kappa shape index (κ3) is 3.59. The Balaban J connectivity index is 3.14. The maximum absolute atomic E-state index is 12.8. The fourth-order valence-corrected chi connectivity index (χ4v) is 1.72. The number of alkyl halides is 3. The van der Waals surface area contributed by atoms with Gasteiger partial charge in [0.05, 0.1) is 5.56 Å². The molecule has 0 fully saturated rings. The smallest absolute Gasteiger partial charge is 0.419 e. The summed E-state index contributed by atoms with van der Waals surface area (Å²) >= 11 is 0. The van der Waals surface area contributed by atoms with E-state index in [0.29, 0.717) is 6.42 Å². The molecule has 0 aliphatic carbocycles. The molecule has 0 amide bonds. The molecule has 4 nitrogen and oxygen atoms in total. The van der Waals surface area contributed by atoms with E-state index in [0.717, 1.165) is 12.1 Å². The third-order valence-corrected chi connectivity index (χ3v) is 2.73. The largest absolute Gasteiger partial charge is 0.480 e. The lowest BCUT2D eigenvalue weighted by molar-refractivity contribution is -0.142. The molecule has 0 spiro atoms. The molecule has 1 rings (SSSR count). The van der Waals surface area contributed by atoms with Gasteiger partial charge in [-0.3, -0.25) is 0 Å². The van der Waals surface area contributed by atoms with E-state index < -0.39 is 29.1 Å². The number of carboxylic acid groups (broad SMARTS) is 1. The quantitative estimate of drug-likeness (QED) is 0.867. The normalized spacial score (nSPS) is 14.8. The van der Waals surface area contributed by atoms with E-state index in [1.165, 1.54) is 13.1 Å². The van der Waals surface area contributed by atoms with E-state index in [1.807, 2.05) is 0 Å². The number of pyridine rings is 1. The van der Waals surface area contributed by atoms with E-state index in [2.05, 4.69) is 10.3 Å². The average Bonchev–Trinajstić information content (AvgIpc) is 2.28. The minimum Gasteiger partial charge on any atom is -0.480 e. The summed E-state index contributed by atoms with van der Waals surface area (Å²) in [6.45, 7) is 3.10. The maximum atomic E-state index is 12.8. The first-order chi connectivity index (χ1) is 8.70. The Kier molecular flexibility index (Phi) is 4.39. The van der Waals surface area contributed by atoms with Crippen LogP contribution in [-0.4, -0.2) is 21.6 Å². The van der Waals surface area contributed by atoms with Crippen molar-refractivity contribution in [1.82, 2.24) is 4.98 Å². The summed E-state index contributed by atoms with van der Waals surface area (Å²) in [5, 5.41) is 11.5. The van der Waals surface area contributed by atoms with Crippen LogP contribution in [-0.2, 0) is 11.0 Å². The molecule has 0 aliphatic rings. The lowest BCUT2D eigenvalue weighted by Crippen LogP contribution is -2.44. The Morgan fingerprint density at radius 2 is 2.11 bits per heavy atom. The second kappa shape index (κ2) is 5.46. The number of hydrogen-bond acceptors (Lipinski definition) is 3. The first-order valence-corrected chi connectivity index (χ1v) is 5.74. The van der Waals surface area contributed by atoms with Crippen LogP contribution in [0.1, 0.15) is 32.3 Å². The minimum absolute atomic E-state index is 0.191. The highest BCUT2D eigenvalue weighted by Crippen LogP contribution is 2.35. The van der Waals surface area contributed by atoms with Crippen LogP contribution in [0, 0.1) is 0 Å². The van der Waals surface area contributed by atoms with Gasteiger partial charge in [0.2, 0.25) is 0 Å². The molecule has 1 aromatic heterocycles. The molecule has 19 heavy (non-hydrogen) atoms. The molecule has 1 unspecified atom stereocenters. The summed E-state index contributed by atoms with van der Waals surface area (Å²) in [5.41, 5.74) is -2.46. The SMILES string of the molecule is CCCC(C)(Nc1ncccc1C(F)(F)F)C(=O)O. The number of halogens is 3. The lowest BCUT2D eigenvalue weighted by atomic mass is 9.96. The van der Waals surface area contributed by atoms with Gasteiger partial charge in [-0.25, -0.2) is 9.78 Å². The average molecular weight is 276 g/mol. The summed E-state index contributed by atoms with van der Waals surface area (Å²) in [4.78, 5) is 14.8. The Bertz CT molecular complexity index is 463. The first-order valence-electron chi connectivity index (χ1n) is 5.74. The molecular formula is C12H15F3N2O2. The number of nitrogens with zero attached hydrogens (tertiary/aromatic N) is 1. The molecular weight excluding hydrogens is 261 g/mol. The second-order valence-electron chi connectivity index (χ2n) is 4.41. The van der Waals surface area contributed by atoms with Gasteiger partial charge in [-0.05, 0) is 25.5 Å². The highest BCUT2D eigenvalue weighted by atomic mass is 19.4. The molecule has 106 valence electrons. The van der Waals surface area contributed by atoms with Crippen molar-refractivity contribution in [3.63, 3.8) is 0 Å². The van der Waals surface area contributed by atoms with Crippen LogP contribution in [0.3, 0.4) is 0 Å². The molecule has 0 aromatic carbocycles. The zero-order valence-corrected chi connectivity index (χ0v) is 10.6. The van der Waals surface area contributed by atoms with Gasteiger partial charge >= 0.3 is 12.1 Å². The van der Waals surface area contributed by atoms with Crippen molar-refractivity contribution in [3.05, 3.63) is 23.9 Å². The maximum Gasteiger partial charge on any atom is 0.419 e. The van der Waals surface area contributed by atoms with Crippen LogP contribution in [0.5, 0.6) is 0 Å². The number of anilines is 1.